The van der Waals surface area contributed by atoms with Crippen molar-refractivity contribution in [3.63, 3.8) is 0 Å². The van der Waals surface area contributed by atoms with Gasteiger partial charge in [-0.05, 0) is 22.4 Å². The molecule has 0 fully saturated rings. The summed E-state index contributed by atoms with van der Waals surface area (Å²) in [6.45, 7) is 1.78. The highest BCUT2D eigenvalue weighted by Gasteiger charge is 2.23. The van der Waals surface area contributed by atoms with Gasteiger partial charge in [-0.1, -0.05) is 5.21 Å². The first kappa shape index (κ1) is 16.5. The Hall–Kier alpha value is -0.550. The van der Waals surface area contributed by atoms with Gasteiger partial charge >= 0.3 is 0 Å². The second-order valence-corrected chi connectivity index (χ2v) is 6.10. The molecule has 1 N–H and O–H groups in total. The first-order valence-electron chi connectivity index (χ1n) is 5.60. The topological polar surface area (TPSA) is 95.3 Å². The summed E-state index contributed by atoms with van der Waals surface area (Å²) in [6, 6.07) is 0. The van der Waals surface area contributed by atoms with Gasteiger partial charge in [-0.15, -0.1) is 5.10 Å². The normalized spacial score (nSPS) is 11.9. The van der Waals surface area contributed by atoms with Crippen LogP contribution in [0.2, 0.25) is 0 Å². The maximum absolute atomic E-state index is 12.0. The van der Waals surface area contributed by atoms with E-state index in [-0.39, 0.29) is 16.2 Å². The fraction of sp³-hybridized carbons (Fsp3) is 0.778. The lowest BCUT2D eigenvalue weighted by atomic mass is 10.5. The predicted molar refractivity (Wildman–Crippen MR) is 71.2 cm³/mol. The molecule has 0 amide bonds. The third kappa shape index (κ3) is 5.15. The highest BCUT2D eigenvalue weighted by atomic mass is 79.9. The van der Waals surface area contributed by atoms with Gasteiger partial charge in [0, 0.05) is 27.3 Å². The van der Waals surface area contributed by atoms with E-state index in [4.69, 9.17) is 9.47 Å². The molecular formula is C9H17BrN4O4S. The molecule has 0 spiro atoms. The average molecular weight is 357 g/mol. The number of methoxy groups -OCH3 is 1. The van der Waals surface area contributed by atoms with E-state index < -0.39 is 10.0 Å². The monoisotopic (exact) mass is 356 g/mol. The van der Waals surface area contributed by atoms with E-state index in [1.54, 1.807) is 7.11 Å². The molecule has 8 nitrogen and oxygen atoms in total. The highest BCUT2D eigenvalue weighted by molar-refractivity contribution is 9.10. The van der Waals surface area contributed by atoms with Crippen LogP contribution in [0.5, 0.6) is 0 Å². The van der Waals surface area contributed by atoms with Crippen LogP contribution in [0, 0.1) is 0 Å². The molecule has 0 aliphatic heterocycles. The van der Waals surface area contributed by atoms with E-state index in [1.807, 2.05) is 0 Å². The molecule has 0 aromatic carbocycles. The summed E-state index contributed by atoms with van der Waals surface area (Å²) in [5.74, 6) is 0. The molecule has 1 aromatic rings. The fourth-order valence-corrected chi connectivity index (χ4v) is 3.47. The number of ether oxygens (including phenoxy) is 2. The summed E-state index contributed by atoms with van der Waals surface area (Å²) in [5.41, 5.74) is 0. The highest BCUT2D eigenvalue weighted by Crippen LogP contribution is 2.17. The molecule has 0 bridgehead atoms. The van der Waals surface area contributed by atoms with Crippen molar-refractivity contribution in [1.29, 1.82) is 0 Å². The number of hydrogen-bond donors (Lipinski definition) is 1. The zero-order valence-electron chi connectivity index (χ0n) is 10.8. The van der Waals surface area contributed by atoms with Gasteiger partial charge in [-0.2, -0.15) is 0 Å². The van der Waals surface area contributed by atoms with Gasteiger partial charge in [0.25, 0.3) is 10.0 Å². The quantitative estimate of drug-likeness (QED) is 0.621. The van der Waals surface area contributed by atoms with Crippen LogP contribution in [-0.2, 0) is 26.5 Å². The zero-order chi connectivity index (χ0) is 14.3. The molecule has 0 aliphatic carbocycles. The molecule has 19 heavy (non-hydrogen) atoms. The largest absolute Gasteiger partial charge is 0.382 e. The van der Waals surface area contributed by atoms with Crippen molar-refractivity contribution in [3.8, 4) is 0 Å². The second-order valence-electron chi connectivity index (χ2n) is 3.67. The van der Waals surface area contributed by atoms with Gasteiger partial charge in [0.2, 0.25) is 5.03 Å². The summed E-state index contributed by atoms with van der Waals surface area (Å²) in [5, 5.41) is 7.26. The lowest BCUT2D eigenvalue weighted by molar-refractivity contribution is 0.0699. The number of nitrogens with zero attached hydrogens (tertiary/aromatic N) is 3. The third-order valence-corrected chi connectivity index (χ3v) is 4.53. The Kier molecular flexibility index (Phi) is 6.86. The minimum Gasteiger partial charge on any atom is -0.382 e. The summed E-state index contributed by atoms with van der Waals surface area (Å²) in [6.07, 6.45) is 0.575. The Bertz CT molecular complexity index is 471. The van der Waals surface area contributed by atoms with Gasteiger partial charge in [0.15, 0.2) is 4.60 Å². The van der Waals surface area contributed by atoms with E-state index in [0.717, 1.165) is 0 Å². The standard InChI is InChI=1S/C9H17BrN4O4S/c1-14-9(8(10)12-13-14)19(15,16)11-4-3-5-18-7-6-17-2/h11H,3-7H2,1-2H3. The number of halogens is 1. The van der Waals surface area contributed by atoms with Crippen molar-refractivity contribution in [2.75, 3.05) is 33.5 Å². The third-order valence-electron chi connectivity index (χ3n) is 2.18. The summed E-state index contributed by atoms with van der Waals surface area (Å²) >= 11 is 3.05. The van der Waals surface area contributed by atoms with Crippen LogP contribution < -0.4 is 4.72 Å². The summed E-state index contributed by atoms with van der Waals surface area (Å²) in [7, 11) is -0.506. The van der Waals surface area contributed by atoms with Gasteiger partial charge in [0.05, 0.1) is 13.2 Å². The Morgan fingerprint density at radius 2 is 2.11 bits per heavy atom. The molecule has 0 atom stereocenters. The van der Waals surface area contributed by atoms with Gasteiger partial charge in [-0.3, -0.25) is 0 Å². The Labute approximate surface area is 120 Å². The van der Waals surface area contributed by atoms with Crippen LogP contribution in [0.15, 0.2) is 9.63 Å². The lowest BCUT2D eigenvalue weighted by Gasteiger charge is -2.07. The fourth-order valence-electron chi connectivity index (χ4n) is 1.30. The molecule has 1 rings (SSSR count). The first-order valence-corrected chi connectivity index (χ1v) is 7.88. The zero-order valence-corrected chi connectivity index (χ0v) is 13.2. The van der Waals surface area contributed by atoms with Crippen LogP contribution in [0.4, 0.5) is 0 Å². The maximum atomic E-state index is 12.0. The van der Waals surface area contributed by atoms with Crippen LogP contribution in [0.25, 0.3) is 0 Å². The molecule has 0 aliphatic rings. The van der Waals surface area contributed by atoms with Crippen molar-refractivity contribution in [3.05, 3.63) is 4.60 Å². The molecule has 1 heterocycles. The van der Waals surface area contributed by atoms with E-state index in [9.17, 15) is 8.42 Å². The minimum absolute atomic E-state index is 0.00722. The van der Waals surface area contributed by atoms with E-state index in [0.29, 0.717) is 26.2 Å². The van der Waals surface area contributed by atoms with Crippen molar-refractivity contribution in [1.82, 2.24) is 19.7 Å². The van der Waals surface area contributed by atoms with E-state index in [2.05, 4.69) is 31.0 Å². The number of hydrogen-bond acceptors (Lipinski definition) is 6. The smallest absolute Gasteiger partial charge is 0.260 e. The second kappa shape index (κ2) is 7.90. The maximum Gasteiger partial charge on any atom is 0.260 e. The lowest BCUT2D eigenvalue weighted by Crippen LogP contribution is -2.27. The molecule has 0 radical (unpaired) electrons. The van der Waals surface area contributed by atoms with Crippen molar-refractivity contribution < 1.29 is 17.9 Å². The Morgan fingerprint density at radius 1 is 1.37 bits per heavy atom. The molecule has 10 heteroatoms. The number of aryl methyl sites for hydroxylation is 1. The molecular weight excluding hydrogens is 340 g/mol. The molecule has 0 saturated heterocycles. The molecule has 1 aromatic heterocycles. The van der Waals surface area contributed by atoms with Gasteiger partial charge < -0.3 is 9.47 Å². The number of aromatic nitrogens is 3. The minimum atomic E-state index is -3.61. The van der Waals surface area contributed by atoms with Gasteiger partial charge in [-0.25, -0.2) is 17.8 Å². The van der Waals surface area contributed by atoms with Crippen molar-refractivity contribution >= 4 is 26.0 Å². The summed E-state index contributed by atoms with van der Waals surface area (Å²) in [4.78, 5) is 0. The van der Waals surface area contributed by atoms with Crippen molar-refractivity contribution in [2.45, 2.75) is 11.4 Å². The predicted octanol–water partition coefficient (Wildman–Crippen LogP) is -0.0910. The number of sulfonamides is 1. The summed E-state index contributed by atoms with van der Waals surface area (Å²) < 4.78 is 37.8. The molecule has 110 valence electrons. The SMILES string of the molecule is COCCOCCCNS(=O)(=O)c1c(Br)nnn1C. The van der Waals surface area contributed by atoms with Crippen LogP contribution in [0.1, 0.15) is 6.42 Å². The van der Waals surface area contributed by atoms with Gasteiger partial charge in [0.1, 0.15) is 0 Å². The number of rotatable bonds is 9. The van der Waals surface area contributed by atoms with E-state index in [1.165, 1.54) is 11.7 Å². The van der Waals surface area contributed by atoms with Crippen LogP contribution >= 0.6 is 15.9 Å². The van der Waals surface area contributed by atoms with E-state index >= 15 is 0 Å². The molecule has 0 saturated carbocycles. The Morgan fingerprint density at radius 3 is 2.68 bits per heavy atom. The first-order chi connectivity index (χ1) is 8.99. The number of nitrogens with one attached hydrogen (secondary N) is 1. The molecule has 0 unspecified atom stereocenters. The average Bonchev–Trinajstić information content (AvgIpc) is 2.68. The van der Waals surface area contributed by atoms with Crippen molar-refractivity contribution in [2.24, 2.45) is 7.05 Å². The van der Waals surface area contributed by atoms with Crippen LogP contribution in [-0.4, -0.2) is 56.9 Å². The Balaban J connectivity index is 2.36. The van der Waals surface area contributed by atoms with Crippen LogP contribution in [0.3, 0.4) is 0 Å².